The van der Waals surface area contributed by atoms with Crippen molar-refractivity contribution in [2.24, 2.45) is 0 Å². The summed E-state index contributed by atoms with van der Waals surface area (Å²) in [6.07, 6.45) is 6.36. The van der Waals surface area contributed by atoms with Gasteiger partial charge in [-0.1, -0.05) is 5.16 Å². The van der Waals surface area contributed by atoms with Gasteiger partial charge in [-0.3, -0.25) is 0 Å². The summed E-state index contributed by atoms with van der Waals surface area (Å²) in [6.45, 7) is 5.96. The van der Waals surface area contributed by atoms with Crippen LogP contribution < -0.4 is 4.90 Å². The first kappa shape index (κ1) is 13.7. The summed E-state index contributed by atoms with van der Waals surface area (Å²) in [5.74, 6) is 3.51. The van der Waals surface area contributed by atoms with Crippen molar-refractivity contribution in [3.05, 3.63) is 29.2 Å². The number of hydrogen-bond acceptors (Lipinski definition) is 6. The van der Waals surface area contributed by atoms with E-state index in [2.05, 4.69) is 25.0 Å². The van der Waals surface area contributed by atoms with Crippen molar-refractivity contribution in [1.29, 1.82) is 0 Å². The van der Waals surface area contributed by atoms with Crippen molar-refractivity contribution in [1.82, 2.24) is 20.1 Å². The molecule has 2 aromatic rings. The minimum Gasteiger partial charge on any atom is -0.341 e. The monoisotopic (exact) mass is 299 g/mol. The molecule has 3 heterocycles. The Labute approximate surface area is 130 Å². The van der Waals surface area contributed by atoms with E-state index < -0.39 is 0 Å². The zero-order valence-corrected chi connectivity index (χ0v) is 13.1. The molecule has 0 bridgehead atoms. The van der Waals surface area contributed by atoms with E-state index in [-0.39, 0.29) is 0 Å². The summed E-state index contributed by atoms with van der Waals surface area (Å²) in [5, 5.41) is 4.19. The zero-order valence-electron chi connectivity index (χ0n) is 13.1. The second-order valence-corrected chi connectivity index (χ2v) is 6.46. The molecule has 1 aliphatic carbocycles. The first-order valence-corrected chi connectivity index (χ1v) is 8.09. The van der Waals surface area contributed by atoms with Gasteiger partial charge in [-0.25, -0.2) is 9.97 Å². The maximum absolute atomic E-state index is 5.38. The maximum Gasteiger partial charge on any atom is 0.229 e. The second-order valence-electron chi connectivity index (χ2n) is 6.46. The SMILES string of the molecule is Cc1cnc(N2CCC(c3noc(C4CC4)n3)CC2)nc1C. The Bertz CT molecular complexity index is 671. The fourth-order valence-corrected chi connectivity index (χ4v) is 2.91. The summed E-state index contributed by atoms with van der Waals surface area (Å²) in [5.41, 5.74) is 2.19. The Morgan fingerprint density at radius 3 is 2.50 bits per heavy atom. The predicted molar refractivity (Wildman–Crippen MR) is 82.0 cm³/mol. The van der Waals surface area contributed by atoms with Gasteiger partial charge in [0.05, 0.1) is 0 Å². The molecule has 0 unspecified atom stereocenters. The largest absolute Gasteiger partial charge is 0.341 e. The highest BCUT2D eigenvalue weighted by Gasteiger charge is 2.32. The van der Waals surface area contributed by atoms with Crippen LogP contribution in [0.25, 0.3) is 0 Å². The van der Waals surface area contributed by atoms with Crippen molar-refractivity contribution in [2.45, 2.75) is 51.4 Å². The third-order valence-electron chi connectivity index (χ3n) is 4.74. The number of aromatic nitrogens is 4. The number of nitrogens with zero attached hydrogens (tertiary/aromatic N) is 5. The van der Waals surface area contributed by atoms with Crippen molar-refractivity contribution in [2.75, 3.05) is 18.0 Å². The van der Waals surface area contributed by atoms with Gasteiger partial charge in [-0.05, 0) is 45.1 Å². The lowest BCUT2D eigenvalue weighted by Crippen LogP contribution is -2.34. The quantitative estimate of drug-likeness (QED) is 0.868. The van der Waals surface area contributed by atoms with Crippen LogP contribution in [-0.4, -0.2) is 33.2 Å². The number of aryl methyl sites for hydroxylation is 2. The predicted octanol–water partition coefficient (Wildman–Crippen LogP) is 2.74. The van der Waals surface area contributed by atoms with Crippen molar-refractivity contribution in [3.63, 3.8) is 0 Å². The minimum absolute atomic E-state index is 0.402. The van der Waals surface area contributed by atoms with Crippen LogP contribution in [0.5, 0.6) is 0 Å². The van der Waals surface area contributed by atoms with Gasteiger partial charge in [-0.15, -0.1) is 0 Å². The molecule has 2 aliphatic rings. The fraction of sp³-hybridized carbons (Fsp3) is 0.625. The minimum atomic E-state index is 0.402. The molecular formula is C16H21N5O. The highest BCUT2D eigenvalue weighted by molar-refractivity contribution is 5.33. The van der Waals surface area contributed by atoms with E-state index in [4.69, 9.17) is 4.52 Å². The number of rotatable bonds is 3. The van der Waals surface area contributed by atoms with E-state index in [9.17, 15) is 0 Å². The third-order valence-corrected chi connectivity index (χ3v) is 4.74. The standard InChI is InChI=1S/C16H21N5O/c1-10-9-17-16(18-11(10)2)21-7-5-12(6-8-21)14-19-15(22-20-14)13-3-4-13/h9,12-13H,3-8H2,1-2H3. The highest BCUT2D eigenvalue weighted by Crippen LogP contribution is 2.39. The van der Waals surface area contributed by atoms with Crippen molar-refractivity contribution < 1.29 is 4.52 Å². The molecule has 1 aliphatic heterocycles. The molecule has 2 fully saturated rings. The molecule has 1 saturated heterocycles. The normalized spacial score (nSPS) is 19.6. The van der Waals surface area contributed by atoms with Gasteiger partial charge >= 0.3 is 0 Å². The summed E-state index contributed by atoms with van der Waals surface area (Å²) in [4.78, 5) is 15.9. The van der Waals surface area contributed by atoms with Gasteiger partial charge in [0.15, 0.2) is 5.82 Å². The van der Waals surface area contributed by atoms with Crippen molar-refractivity contribution in [3.8, 4) is 0 Å². The van der Waals surface area contributed by atoms with Crippen LogP contribution >= 0.6 is 0 Å². The van der Waals surface area contributed by atoms with Gasteiger partial charge in [-0.2, -0.15) is 4.98 Å². The van der Waals surface area contributed by atoms with Crippen LogP contribution in [0.15, 0.2) is 10.7 Å². The van der Waals surface area contributed by atoms with Gasteiger partial charge in [0.25, 0.3) is 0 Å². The van der Waals surface area contributed by atoms with Crippen LogP contribution in [0.2, 0.25) is 0 Å². The maximum atomic E-state index is 5.38. The second kappa shape index (κ2) is 5.34. The van der Waals surface area contributed by atoms with Crippen LogP contribution in [0, 0.1) is 13.8 Å². The Morgan fingerprint density at radius 2 is 1.82 bits per heavy atom. The molecule has 0 amide bonds. The summed E-state index contributed by atoms with van der Waals surface area (Å²) < 4.78 is 5.38. The molecule has 0 N–H and O–H groups in total. The molecule has 116 valence electrons. The molecule has 6 heteroatoms. The summed E-state index contributed by atoms with van der Waals surface area (Å²) >= 11 is 0. The number of hydrogen-bond donors (Lipinski definition) is 0. The summed E-state index contributed by atoms with van der Waals surface area (Å²) in [7, 11) is 0. The fourth-order valence-electron chi connectivity index (χ4n) is 2.91. The van der Waals surface area contributed by atoms with Gasteiger partial charge in [0.2, 0.25) is 11.8 Å². The topological polar surface area (TPSA) is 67.9 Å². The third kappa shape index (κ3) is 2.58. The molecule has 0 atom stereocenters. The molecule has 0 radical (unpaired) electrons. The Balaban J connectivity index is 1.41. The lowest BCUT2D eigenvalue weighted by Gasteiger charge is -2.30. The smallest absolute Gasteiger partial charge is 0.229 e. The lowest BCUT2D eigenvalue weighted by molar-refractivity contribution is 0.364. The molecule has 2 aromatic heterocycles. The first-order chi connectivity index (χ1) is 10.7. The van der Waals surface area contributed by atoms with E-state index in [0.29, 0.717) is 11.8 Å². The molecule has 0 aromatic carbocycles. The average Bonchev–Trinajstić information content (AvgIpc) is 3.28. The molecule has 6 nitrogen and oxygen atoms in total. The van der Waals surface area contributed by atoms with Crippen LogP contribution in [0.1, 0.15) is 60.5 Å². The van der Waals surface area contributed by atoms with Crippen LogP contribution in [0.4, 0.5) is 5.95 Å². The van der Waals surface area contributed by atoms with E-state index in [1.165, 1.54) is 12.8 Å². The van der Waals surface area contributed by atoms with Gasteiger partial charge < -0.3 is 9.42 Å². The molecular weight excluding hydrogens is 278 g/mol. The van der Waals surface area contributed by atoms with Crippen LogP contribution in [0.3, 0.4) is 0 Å². The van der Waals surface area contributed by atoms with E-state index in [1.807, 2.05) is 20.0 Å². The molecule has 22 heavy (non-hydrogen) atoms. The van der Waals surface area contributed by atoms with Crippen LogP contribution in [-0.2, 0) is 0 Å². The Hall–Kier alpha value is -1.98. The Morgan fingerprint density at radius 1 is 1.05 bits per heavy atom. The molecule has 1 saturated carbocycles. The van der Waals surface area contributed by atoms with Crippen molar-refractivity contribution >= 4 is 5.95 Å². The average molecular weight is 299 g/mol. The van der Waals surface area contributed by atoms with E-state index >= 15 is 0 Å². The van der Waals surface area contributed by atoms with E-state index in [1.54, 1.807) is 0 Å². The first-order valence-electron chi connectivity index (χ1n) is 8.09. The molecule has 4 rings (SSSR count). The lowest BCUT2D eigenvalue weighted by atomic mass is 9.96. The van der Waals surface area contributed by atoms with Gasteiger partial charge in [0.1, 0.15) is 0 Å². The van der Waals surface area contributed by atoms with E-state index in [0.717, 1.165) is 54.9 Å². The molecule has 0 spiro atoms. The van der Waals surface area contributed by atoms with Gasteiger partial charge in [0, 0.05) is 36.8 Å². The number of anilines is 1. The highest BCUT2D eigenvalue weighted by atomic mass is 16.5. The summed E-state index contributed by atoms with van der Waals surface area (Å²) in [6, 6.07) is 0. The Kier molecular flexibility index (Phi) is 3.32. The number of piperidine rings is 1. The zero-order chi connectivity index (χ0) is 15.1.